The number of amides is 4. The van der Waals surface area contributed by atoms with E-state index in [-0.39, 0.29) is 24.3 Å². The molecular formula is C19H25N3O3. The summed E-state index contributed by atoms with van der Waals surface area (Å²) in [7, 11) is 0. The molecule has 2 aliphatic rings. The molecule has 2 atom stereocenters. The molecule has 1 spiro atoms. The van der Waals surface area contributed by atoms with Crippen LogP contribution in [0.2, 0.25) is 0 Å². The fraction of sp³-hybridized carbons (Fsp3) is 0.526. The fourth-order valence-corrected chi connectivity index (χ4v) is 3.84. The van der Waals surface area contributed by atoms with Gasteiger partial charge in [-0.2, -0.15) is 0 Å². The topological polar surface area (TPSA) is 78.5 Å². The molecule has 4 amide bonds. The van der Waals surface area contributed by atoms with Gasteiger partial charge >= 0.3 is 6.03 Å². The van der Waals surface area contributed by atoms with Gasteiger partial charge in [-0.1, -0.05) is 44.0 Å². The molecule has 6 nitrogen and oxygen atoms in total. The molecular weight excluding hydrogens is 318 g/mol. The Morgan fingerprint density at radius 2 is 2.08 bits per heavy atom. The number of imide groups is 1. The monoisotopic (exact) mass is 343 g/mol. The highest BCUT2D eigenvalue weighted by molar-refractivity contribution is 6.09. The maximum Gasteiger partial charge on any atom is 0.325 e. The number of urea groups is 1. The molecule has 1 aromatic rings. The van der Waals surface area contributed by atoms with E-state index in [1.807, 2.05) is 38.1 Å². The number of carbonyl (C=O) groups excluding carboxylic acids is 3. The predicted octanol–water partition coefficient (Wildman–Crippen LogP) is 2.11. The molecule has 3 rings (SSSR count). The van der Waals surface area contributed by atoms with Crippen LogP contribution in [0, 0.1) is 12.8 Å². The third-order valence-electron chi connectivity index (χ3n) is 5.54. The molecule has 0 radical (unpaired) electrons. The third kappa shape index (κ3) is 3.25. The van der Waals surface area contributed by atoms with Crippen molar-refractivity contribution in [3.63, 3.8) is 0 Å². The van der Waals surface area contributed by atoms with Crippen molar-refractivity contribution in [2.24, 2.45) is 5.92 Å². The Morgan fingerprint density at radius 1 is 1.32 bits per heavy atom. The quantitative estimate of drug-likeness (QED) is 0.822. The Morgan fingerprint density at radius 3 is 2.80 bits per heavy atom. The molecule has 25 heavy (non-hydrogen) atoms. The molecule has 134 valence electrons. The van der Waals surface area contributed by atoms with Crippen LogP contribution in [0.3, 0.4) is 0 Å². The van der Waals surface area contributed by atoms with Gasteiger partial charge in [-0.05, 0) is 36.8 Å². The first-order chi connectivity index (χ1) is 11.9. The molecule has 1 saturated carbocycles. The Hall–Kier alpha value is -2.37. The molecule has 1 aliphatic heterocycles. The number of nitrogens with one attached hydrogen (secondary N) is 2. The second-order valence-corrected chi connectivity index (χ2v) is 7.14. The predicted molar refractivity (Wildman–Crippen MR) is 93.6 cm³/mol. The van der Waals surface area contributed by atoms with Crippen molar-refractivity contribution < 1.29 is 14.4 Å². The van der Waals surface area contributed by atoms with Crippen LogP contribution >= 0.6 is 0 Å². The molecule has 0 bridgehead atoms. The first-order valence-corrected chi connectivity index (χ1v) is 8.89. The molecule has 1 aliphatic carbocycles. The number of nitrogens with zero attached hydrogens (tertiary/aromatic N) is 1. The standard InChI is InChI=1S/C19H25N3O3/c1-13-7-3-4-9-15(13)11-20-16(23)12-22-17(24)19(21-18(22)25)10-6-5-8-14(19)2/h3-4,7,9,14H,5-6,8,10-12H2,1-2H3,(H,20,23)(H,21,25)/t14-,19+/m0/s1. The Balaban J connectivity index is 1.62. The van der Waals surface area contributed by atoms with E-state index in [0.717, 1.165) is 35.3 Å². The zero-order valence-electron chi connectivity index (χ0n) is 14.8. The lowest BCUT2D eigenvalue weighted by Crippen LogP contribution is -2.54. The van der Waals surface area contributed by atoms with E-state index >= 15 is 0 Å². The summed E-state index contributed by atoms with van der Waals surface area (Å²) in [5, 5.41) is 5.66. The van der Waals surface area contributed by atoms with Crippen molar-refractivity contribution in [2.75, 3.05) is 6.54 Å². The van der Waals surface area contributed by atoms with Gasteiger partial charge in [0.05, 0.1) is 0 Å². The lowest BCUT2D eigenvalue weighted by Gasteiger charge is -2.36. The molecule has 1 saturated heterocycles. The van der Waals surface area contributed by atoms with E-state index in [2.05, 4.69) is 10.6 Å². The largest absolute Gasteiger partial charge is 0.350 e. The van der Waals surface area contributed by atoms with Gasteiger partial charge < -0.3 is 10.6 Å². The second-order valence-electron chi connectivity index (χ2n) is 7.14. The number of aryl methyl sites for hydroxylation is 1. The van der Waals surface area contributed by atoms with Gasteiger partial charge in [0.1, 0.15) is 12.1 Å². The number of carbonyl (C=O) groups is 3. The van der Waals surface area contributed by atoms with Crippen molar-refractivity contribution >= 4 is 17.8 Å². The summed E-state index contributed by atoms with van der Waals surface area (Å²) in [6.07, 6.45) is 3.56. The zero-order valence-corrected chi connectivity index (χ0v) is 14.8. The number of hydrogen-bond donors (Lipinski definition) is 2. The van der Waals surface area contributed by atoms with Crippen molar-refractivity contribution in [3.8, 4) is 0 Å². The lowest BCUT2D eigenvalue weighted by atomic mass is 9.73. The van der Waals surface area contributed by atoms with E-state index in [1.165, 1.54) is 0 Å². The minimum atomic E-state index is -0.814. The SMILES string of the molecule is Cc1ccccc1CNC(=O)CN1C(=O)N[C@@]2(CCCC[C@@H]2C)C1=O. The van der Waals surface area contributed by atoms with Gasteiger partial charge in [0.2, 0.25) is 5.91 Å². The summed E-state index contributed by atoms with van der Waals surface area (Å²) < 4.78 is 0. The van der Waals surface area contributed by atoms with Crippen LogP contribution < -0.4 is 10.6 Å². The van der Waals surface area contributed by atoms with Crippen molar-refractivity contribution in [2.45, 2.75) is 51.6 Å². The molecule has 6 heteroatoms. The van der Waals surface area contributed by atoms with E-state index in [1.54, 1.807) is 0 Å². The highest BCUT2D eigenvalue weighted by Crippen LogP contribution is 2.38. The van der Waals surface area contributed by atoms with Crippen LogP contribution in [0.5, 0.6) is 0 Å². The smallest absolute Gasteiger partial charge is 0.325 e. The fourth-order valence-electron chi connectivity index (χ4n) is 3.84. The summed E-state index contributed by atoms with van der Waals surface area (Å²) in [6, 6.07) is 7.33. The van der Waals surface area contributed by atoms with E-state index in [9.17, 15) is 14.4 Å². The first kappa shape index (κ1) is 17.5. The maximum atomic E-state index is 12.8. The van der Waals surface area contributed by atoms with Crippen LogP contribution in [0.15, 0.2) is 24.3 Å². The average molecular weight is 343 g/mol. The summed E-state index contributed by atoms with van der Waals surface area (Å²) in [4.78, 5) is 38.4. The Labute approximate surface area is 148 Å². The van der Waals surface area contributed by atoms with Crippen LogP contribution in [0.25, 0.3) is 0 Å². The van der Waals surface area contributed by atoms with Crippen molar-refractivity contribution in [1.29, 1.82) is 0 Å². The summed E-state index contributed by atoms with van der Waals surface area (Å²) in [5.41, 5.74) is 1.30. The third-order valence-corrected chi connectivity index (χ3v) is 5.54. The Kier molecular flexibility index (Phi) is 4.79. The summed E-state index contributed by atoms with van der Waals surface area (Å²) in [6.45, 7) is 4.13. The zero-order chi connectivity index (χ0) is 18.0. The minimum Gasteiger partial charge on any atom is -0.350 e. The lowest BCUT2D eigenvalue weighted by molar-refractivity contribution is -0.137. The number of benzene rings is 1. The van der Waals surface area contributed by atoms with Gasteiger partial charge in [0.25, 0.3) is 5.91 Å². The Bertz CT molecular complexity index is 703. The molecule has 1 heterocycles. The molecule has 2 fully saturated rings. The van der Waals surface area contributed by atoms with Gasteiger partial charge in [0, 0.05) is 6.54 Å². The molecule has 0 aromatic heterocycles. The summed E-state index contributed by atoms with van der Waals surface area (Å²) >= 11 is 0. The molecule has 2 N–H and O–H groups in total. The van der Waals surface area contributed by atoms with Crippen LogP contribution in [-0.2, 0) is 16.1 Å². The van der Waals surface area contributed by atoms with E-state index in [4.69, 9.17) is 0 Å². The number of hydrogen-bond acceptors (Lipinski definition) is 3. The average Bonchev–Trinajstić information content (AvgIpc) is 2.82. The summed E-state index contributed by atoms with van der Waals surface area (Å²) in [5.74, 6) is -0.485. The molecule has 0 unspecified atom stereocenters. The van der Waals surface area contributed by atoms with Gasteiger partial charge in [0.15, 0.2) is 0 Å². The van der Waals surface area contributed by atoms with Crippen LogP contribution in [0.4, 0.5) is 4.79 Å². The van der Waals surface area contributed by atoms with E-state index in [0.29, 0.717) is 13.0 Å². The minimum absolute atomic E-state index is 0.0951. The van der Waals surface area contributed by atoms with Crippen LogP contribution in [-0.4, -0.2) is 34.8 Å². The van der Waals surface area contributed by atoms with Crippen LogP contribution in [0.1, 0.15) is 43.7 Å². The van der Waals surface area contributed by atoms with Gasteiger partial charge in [-0.15, -0.1) is 0 Å². The van der Waals surface area contributed by atoms with E-state index < -0.39 is 11.6 Å². The maximum absolute atomic E-state index is 12.8. The number of rotatable bonds is 4. The van der Waals surface area contributed by atoms with Gasteiger partial charge in [-0.25, -0.2) is 4.79 Å². The normalized spacial score (nSPS) is 26.0. The first-order valence-electron chi connectivity index (χ1n) is 8.89. The van der Waals surface area contributed by atoms with Gasteiger partial charge in [-0.3, -0.25) is 14.5 Å². The molecule has 1 aromatic carbocycles. The van der Waals surface area contributed by atoms with Crippen molar-refractivity contribution in [1.82, 2.24) is 15.5 Å². The van der Waals surface area contributed by atoms with Crippen molar-refractivity contribution in [3.05, 3.63) is 35.4 Å². The highest BCUT2D eigenvalue weighted by Gasteiger charge is 2.55. The highest BCUT2D eigenvalue weighted by atomic mass is 16.2. The second kappa shape index (κ2) is 6.86.